The summed E-state index contributed by atoms with van der Waals surface area (Å²) < 4.78 is 6.38. The van der Waals surface area contributed by atoms with Crippen LogP contribution in [0, 0.1) is 0 Å². The molecular weight excluding hydrogens is 300 g/mol. The van der Waals surface area contributed by atoms with Gasteiger partial charge in [0.25, 0.3) is 0 Å². The molecule has 1 spiro atoms. The number of amides is 1. The van der Waals surface area contributed by atoms with E-state index in [0.717, 1.165) is 56.8 Å². The Bertz CT molecular complexity index is 614. The van der Waals surface area contributed by atoms with Crippen molar-refractivity contribution < 1.29 is 9.53 Å². The number of para-hydroxylation sites is 1. The number of hydrogen-bond donors (Lipinski definition) is 1. The highest BCUT2D eigenvalue weighted by Crippen LogP contribution is 2.41. The van der Waals surface area contributed by atoms with Crippen molar-refractivity contribution in [1.82, 2.24) is 10.2 Å². The smallest absolute Gasteiger partial charge is 0.222 e. The molecule has 0 bridgehead atoms. The van der Waals surface area contributed by atoms with Crippen LogP contribution >= 0.6 is 0 Å². The van der Waals surface area contributed by atoms with E-state index in [2.05, 4.69) is 23.5 Å². The summed E-state index contributed by atoms with van der Waals surface area (Å²) in [4.78, 5) is 14.3. The Morgan fingerprint density at radius 2 is 1.92 bits per heavy atom. The van der Waals surface area contributed by atoms with E-state index in [1.54, 1.807) is 0 Å². The number of hydrogen-bond acceptors (Lipinski definition) is 3. The molecule has 0 atom stereocenters. The van der Waals surface area contributed by atoms with E-state index in [-0.39, 0.29) is 11.5 Å². The number of fused-ring (bicyclic) bond motifs is 1. The maximum atomic E-state index is 12.4. The number of nitrogens with zero attached hydrogens (tertiary/aromatic N) is 1. The minimum atomic E-state index is -0.201. The van der Waals surface area contributed by atoms with Crippen LogP contribution in [0.25, 0.3) is 5.57 Å². The van der Waals surface area contributed by atoms with Crippen molar-refractivity contribution in [2.24, 2.45) is 0 Å². The van der Waals surface area contributed by atoms with E-state index in [1.165, 1.54) is 5.57 Å². The lowest BCUT2D eigenvalue weighted by molar-refractivity contribution is -0.130. The minimum Gasteiger partial charge on any atom is -0.482 e. The summed E-state index contributed by atoms with van der Waals surface area (Å²) in [5.74, 6) is 1.21. The van der Waals surface area contributed by atoms with Crippen LogP contribution in [0.2, 0.25) is 0 Å². The van der Waals surface area contributed by atoms with Crippen LogP contribution in [-0.2, 0) is 4.79 Å². The highest BCUT2D eigenvalue weighted by Gasteiger charge is 2.36. The maximum absolute atomic E-state index is 12.4. The molecule has 2 aliphatic heterocycles. The molecule has 3 rings (SSSR count). The Kier molecular flexibility index (Phi) is 5.24. The van der Waals surface area contributed by atoms with Crippen LogP contribution in [0.5, 0.6) is 5.75 Å². The molecule has 0 saturated carbocycles. The molecule has 2 aliphatic rings. The van der Waals surface area contributed by atoms with Crippen LogP contribution in [0.3, 0.4) is 0 Å². The third-order valence-corrected chi connectivity index (χ3v) is 5.16. The fraction of sp³-hybridized carbons (Fsp3) is 0.550. The first kappa shape index (κ1) is 17.0. The van der Waals surface area contributed by atoms with Crippen molar-refractivity contribution in [3.05, 3.63) is 35.9 Å². The highest BCUT2D eigenvalue weighted by molar-refractivity contribution is 5.80. The van der Waals surface area contributed by atoms with Crippen LogP contribution in [0.15, 0.2) is 30.3 Å². The second-order valence-corrected chi connectivity index (χ2v) is 6.65. The molecule has 0 unspecified atom stereocenters. The van der Waals surface area contributed by atoms with Crippen molar-refractivity contribution in [3.8, 4) is 5.75 Å². The van der Waals surface area contributed by atoms with Gasteiger partial charge in [-0.25, -0.2) is 0 Å². The molecule has 4 nitrogen and oxygen atoms in total. The number of allylic oxidation sites excluding steroid dienone is 1. The maximum Gasteiger partial charge on any atom is 0.222 e. The standard InChI is InChI=1S/C20H28N2O2/c1-3-22(4-2)19(23)10-9-16-15-20(11-13-21-14-12-20)24-18-8-6-5-7-17(16)18/h5-8,15,21H,3-4,9-14H2,1-2H3. The SMILES string of the molecule is CCN(CC)C(=O)CCC1=CC2(CCNCC2)Oc2ccccc21. The molecule has 0 radical (unpaired) electrons. The summed E-state index contributed by atoms with van der Waals surface area (Å²) in [5.41, 5.74) is 2.21. The predicted octanol–water partition coefficient (Wildman–Crippen LogP) is 3.23. The Labute approximate surface area is 144 Å². The van der Waals surface area contributed by atoms with Crippen molar-refractivity contribution in [1.29, 1.82) is 0 Å². The molecular formula is C20H28N2O2. The van der Waals surface area contributed by atoms with Crippen LogP contribution in [-0.4, -0.2) is 42.6 Å². The van der Waals surface area contributed by atoms with Gasteiger partial charge in [-0.2, -0.15) is 0 Å². The zero-order chi connectivity index (χ0) is 17.0. The summed E-state index contributed by atoms with van der Waals surface area (Å²) in [6.45, 7) is 7.59. The van der Waals surface area contributed by atoms with Crippen LogP contribution < -0.4 is 10.1 Å². The van der Waals surface area contributed by atoms with Gasteiger partial charge in [-0.15, -0.1) is 0 Å². The van der Waals surface area contributed by atoms with Gasteiger partial charge in [0, 0.05) is 37.9 Å². The van der Waals surface area contributed by atoms with Gasteiger partial charge in [0.05, 0.1) is 0 Å². The Hall–Kier alpha value is -1.81. The first-order valence-electron chi connectivity index (χ1n) is 9.16. The zero-order valence-electron chi connectivity index (χ0n) is 14.8. The normalized spacial score (nSPS) is 18.5. The second kappa shape index (κ2) is 7.39. The predicted molar refractivity (Wildman–Crippen MR) is 97.0 cm³/mol. The van der Waals surface area contributed by atoms with E-state index in [9.17, 15) is 4.79 Å². The van der Waals surface area contributed by atoms with Gasteiger partial charge in [0.2, 0.25) is 5.91 Å². The molecule has 1 saturated heterocycles. The summed E-state index contributed by atoms with van der Waals surface area (Å²) >= 11 is 0. The van der Waals surface area contributed by atoms with Gasteiger partial charge >= 0.3 is 0 Å². The first-order valence-corrected chi connectivity index (χ1v) is 9.16. The van der Waals surface area contributed by atoms with Gasteiger partial charge in [0.15, 0.2) is 0 Å². The Morgan fingerprint density at radius 1 is 1.21 bits per heavy atom. The lowest BCUT2D eigenvalue weighted by atomic mass is 9.84. The number of nitrogens with one attached hydrogen (secondary N) is 1. The van der Waals surface area contributed by atoms with Crippen molar-refractivity contribution in [2.75, 3.05) is 26.2 Å². The lowest BCUT2D eigenvalue weighted by Gasteiger charge is -2.40. The first-order chi connectivity index (χ1) is 11.7. The number of ether oxygens (including phenoxy) is 1. The van der Waals surface area contributed by atoms with E-state index in [0.29, 0.717) is 6.42 Å². The summed E-state index contributed by atoms with van der Waals surface area (Å²) in [7, 11) is 0. The molecule has 0 aliphatic carbocycles. The van der Waals surface area contributed by atoms with Crippen LogP contribution in [0.4, 0.5) is 0 Å². The van der Waals surface area contributed by atoms with Crippen molar-refractivity contribution in [2.45, 2.75) is 45.1 Å². The summed E-state index contributed by atoms with van der Waals surface area (Å²) in [6, 6.07) is 8.23. The summed E-state index contributed by atoms with van der Waals surface area (Å²) in [5, 5.41) is 3.41. The monoisotopic (exact) mass is 328 g/mol. The molecule has 1 N–H and O–H groups in total. The summed E-state index contributed by atoms with van der Waals surface area (Å²) in [6.07, 6.45) is 5.61. The number of piperidine rings is 1. The zero-order valence-corrected chi connectivity index (χ0v) is 14.8. The second-order valence-electron chi connectivity index (χ2n) is 6.65. The highest BCUT2D eigenvalue weighted by atomic mass is 16.5. The molecule has 2 heterocycles. The van der Waals surface area contributed by atoms with Gasteiger partial charge in [-0.1, -0.05) is 18.2 Å². The molecule has 130 valence electrons. The average molecular weight is 328 g/mol. The van der Waals surface area contributed by atoms with Gasteiger partial charge in [-0.3, -0.25) is 4.79 Å². The van der Waals surface area contributed by atoms with E-state index >= 15 is 0 Å². The largest absolute Gasteiger partial charge is 0.482 e. The van der Waals surface area contributed by atoms with Gasteiger partial charge in [0.1, 0.15) is 11.4 Å². The lowest BCUT2D eigenvalue weighted by Crippen LogP contribution is -2.46. The molecule has 1 fully saturated rings. The van der Waals surface area contributed by atoms with E-state index < -0.39 is 0 Å². The quantitative estimate of drug-likeness (QED) is 0.902. The molecule has 4 heteroatoms. The molecule has 1 aromatic carbocycles. The molecule has 24 heavy (non-hydrogen) atoms. The van der Waals surface area contributed by atoms with Gasteiger partial charge < -0.3 is 15.0 Å². The topological polar surface area (TPSA) is 41.6 Å². The van der Waals surface area contributed by atoms with Crippen molar-refractivity contribution in [3.63, 3.8) is 0 Å². The fourth-order valence-electron chi connectivity index (χ4n) is 3.74. The fourth-order valence-corrected chi connectivity index (χ4v) is 3.74. The average Bonchev–Trinajstić information content (AvgIpc) is 2.61. The number of carbonyl (C=O) groups is 1. The van der Waals surface area contributed by atoms with Gasteiger partial charge in [-0.05, 0) is 51.1 Å². The molecule has 1 aromatic rings. The number of benzene rings is 1. The van der Waals surface area contributed by atoms with Crippen LogP contribution in [0.1, 0.15) is 45.1 Å². The van der Waals surface area contributed by atoms with E-state index in [4.69, 9.17) is 4.74 Å². The molecule has 1 amide bonds. The third-order valence-electron chi connectivity index (χ3n) is 5.16. The van der Waals surface area contributed by atoms with E-state index in [1.807, 2.05) is 30.9 Å². The Balaban J connectivity index is 1.81. The minimum absolute atomic E-state index is 0.201. The number of rotatable bonds is 5. The third kappa shape index (κ3) is 3.48. The molecule has 0 aromatic heterocycles. The Morgan fingerprint density at radius 3 is 2.62 bits per heavy atom. The number of carbonyl (C=O) groups excluding carboxylic acids is 1. The van der Waals surface area contributed by atoms with Crippen molar-refractivity contribution >= 4 is 11.5 Å².